The minimum Gasteiger partial charge on any atom is -0.469 e. The summed E-state index contributed by atoms with van der Waals surface area (Å²) in [4.78, 5) is 15.9. The molecule has 0 aliphatic carbocycles. The average Bonchev–Trinajstić information content (AvgIpc) is 3.27. The van der Waals surface area contributed by atoms with Gasteiger partial charge in [-0.05, 0) is 49.2 Å². The SMILES string of the molecule is CCOC(=O)C(CC)(Oc1ccccc1-n1cccc1)c1cccc(N=[N+]=[N-])c1. The van der Waals surface area contributed by atoms with Gasteiger partial charge in [0.05, 0.1) is 12.3 Å². The number of hydrogen-bond acceptors (Lipinski definition) is 4. The molecule has 29 heavy (non-hydrogen) atoms. The van der Waals surface area contributed by atoms with Crippen molar-refractivity contribution < 1.29 is 14.3 Å². The van der Waals surface area contributed by atoms with Crippen LogP contribution in [0.2, 0.25) is 0 Å². The lowest BCUT2D eigenvalue weighted by Gasteiger charge is -2.32. The van der Waals surface area contributed by atoms with Crippen LogP contribution in [0.3, 0.4) is 0 Å². The summed E-state index contributed by atoms with van der Waals surface area (Å²) in [6.45, 7) is 3.83. The number of benzene rings is 2. The molecule has 0 N–H and O–H groups in total. The molecule has 0 fully saturated rings. The molecule has 0 spiro atoms. The number of rotatable bonds is 8. The molecule has 1 atom stereocenters. The molecule has 7 heteroatoms. The maximum atomic E-state index is 13.1. The summed E-state index contributed by atoms with van der Waals surface area (Å²) >= 11 is 0. The molecule has 7 nitrogen and oxygen atoms in total. The van der Waals surface area contributed by atoms with E-state index < -0.39 is 11.6 Å². The summed E-state index contributed by atoms with van der Waals surface area (Å²) in [5, 5.41) is 3.65. The molecule has 0 saturated carbocycles. The van der Waals surface area contributed by atoms with E-state index in [1.807, 2.05) is 60.3 Å². The van der Waals surface area contributed by atoms with E-state index in [1.165, 1.54) is 0 Å². The number of aromatic nitrogens is 1. The van der Waals surface area contributed by atoms with Crippen molar-refractivity contribution in [2.75, 3.05) is 6.61 Å². The van der Waals surface area contributed by atoms with Crippen molar-refractivity contribution in [2.45, 2.75) is 25.9 Å². The summed E-state index contributed by atoms with van der Waals surface area (Å²) in [6, 6.07) is 18.1. The number of hydrogen-bond donors (Lipinski definition) is 0. The smallest absolute Gasteiger partial charge is 0.355 e. The van der Waals surface area contributed by atoms with Crippen molar-refractivity contribution in [3.05, 3.63) is 89.1 Å². The molecule has 2 aromatic carbocycles. The van der Waals surface area contributed by atoms with Gasteiger partial charge < -0.3 is 14.0 Å². The van der Waals surface area contributed by atoms with Crippen LogP contribution in [0.4, 0.5) is 5.69 Å². The molecule has 1 aromatic heterocycles. The normalized spacial score (nSPS) is 12.5. The molecule has 148 valence electrons. The Morgan fingerprint density at radius 2 is 1.86 bits per heavy atom. The third kappa shape index (κ3) is 4.10. The van der Waals surface area contributed by atoms with Crippen LogP contribution in [0, 0.1) is 0 Å². The van der Waals surface area contributed by atoms with Crippen LogP contribution in [0.15, 0.2) is 78.2 Å². The summed E-state index contributed by atoms with van der Waals surface area (Å²) in [6.07, 6.45) is 4.14. The lowest BCUT2D eigenvalue weighted by atomic mass is 9.90. The van der Waals surface area contributed by atoms with Crippen LogP contribution in [0.1, 0.15) is 25.8 Å². The fraction of sp³-hybridized carbons (Fsp3) is 0.227. The molecule has 1 heterocycles. The molecule has 0 saturated heterocycles. The molecule has 0 bridgehead atoms. The first-order valence-corrected chi connectivity index (χ1v) is 9.39. The highest BCUT2D eigenvalue weighted by atomic mass is 16.6. The van der Waals surface area contributed by atoms with Gasteiger partial charge in [0.15, 0.2) is 0 Å². The number of azide groups is 1. The molecular formula is C22H22N4O3. The van der Waals surface area contributed by atoms with Crippen LogP contribution < -0.4 is 4.74 Å². The number of carbonyl (C=O) groups is 1. The first-order chi connectivity index (χ1) is 14.1. The van der Waals surface area contributed by atoms with Gasteiger partial charge >= 0.3 is 5.97 Å². The van der Waals surface area contributed by atoms with Gasteiger partial charge in [-0.2, -0.15) is 0 Å². The number of esters is 1. The Hall–Kier alpha value is -3.70. The van der Waals surface area contributed by atoms with Crippen molar-refractivity contribution in [3.8, 4) is 11.4 Å². The molecule has 0 aliphatic heterocycles. The second-order valence-corrected chi connectivity index (χ2v) is 6.30. The van der Waals surface area contributed by atoms with E-state index >= 15 is 0 Å². The Labute approximate surface area is 169 Å². The second kappa shape index (κ2) is 8.99. The van der Waals surface area contributed by atoms with Crippen molar-refractivity contribution >= 4 is 11.7 Å². The minimum absolute atomic E-state index is 0.221. The zero-order valence-corrected chi connectivity index (χ0v) is 16.4. The third-order valence-corrected chi connectivity index (χ3v) is 4.61. The van der Waals surface area contributed by atoms with Crippen LogP contribution >= 0.6 is 0 Å². The number of ether oxygens (including phenoxy) is 2. The molecule has 0 radical (unpaired) electrons. The van der Waals surface area contributed by atoms with Gasteiger partial charge in [-0.25, -0.2) is 4.79 Å². The predicted octanol–water partition coefficient (Wildman–Crippen LogP) is 5.67. The van der Waals surface area contributed by atoms with E-state index in [2.05, 4.69) is 10.0 Å². The monoisotopic (exact) mass is 390 g/mol. The molecular weight excluding hydrogens is 368 g/mol. The van der Waals surface area contributed by atoms with E-state index in [9.17, 15) is 4.79 Å². The number of nitrogens with zero attached hydrogens (tertiary/aromatic N) is 4. The third-order valence-electron chi connectivity index (χ3n) is 4.61. The first-order valence-electron chi connectivity index (χ1n) is 9.39. The largest absolute Gasteiger partial charge is 0.469 e. The quantitative estimate of drug-likeness (QED) is 0.215. The zero-order valence-electron chi connectivity index (χ0n) is 16.4. The van der Waals surface area contributed by atoms with Crippen LogP contribution in [0.5, 0.6) is 5.75 Å². The highest BCUT2D eigenvalue weighted by Crippen LogP contribution is 2.37. The highest BCUT2D eigenvalue weighted by molar-refractivity contribution is 5.82. The lowest BCUT2D eigenvalue weighted by Crippen LogP contribution is -2.42. The van der Waals surface area contributed by atoms with Gasteiger partial charge in [0, 0.05) is 28.6 Å². The highest BCUT2D eigenvalue weighted by Gasteiger charge is 2.43. The van der Waals surface area contributed by atoms with E-state index in [-0.39, 0.29) is 6.61 Å². The van der Waals surface area contributed by atoms with Crippen LogP contribution in [0.25, 0.3) is 16.1 Å². The van der Waals surface area contributed by atoms with E-state index in [1.54, 1.807) is 31.2 Å². The average molecular weight is 390 g/mol. The van der Waals surface area contributed by atoms with Gasteiger partial charge in [0.25, 0.3) is 0 Å². The number of carbonyl (C=O) groups excluding carboxylic acids is 1. The van der Waals surface area contributed by atoms with Crippen molar-refractivity contribution in [1.82, 2.24) is 4.57 Å². The van der Waals surface area contributed by atoms with Gasteiger partial charge in [-0.15, -0.1) is 0 Å². The Bertz CT molecular complexity index is 1030. The van der Waals surface area contributed by atoms with Crippen molar-refractivity contribution in [1.29, 1.82) is 0 Å². The topological polar surface area (TPSA) is 89.2 Å². The van der Waals surface area contributed by atoms with E-state index in [4.69, 9.17) is 15.0 Å². The summed E-state index contributed by atoms with van der Waals surface area (Å²) in [7, 11) is 0. The van der Waals surface area contributed by atoms with Crippen LogP contribution in [-0.4, -0.2) is 17.1 Å². The standard InChI is InChI=1S/C22H22N4O3/c1-3-22(21(27)28-4-2,17-10-9-11-18(16-17)24-25-23)29-20-13-6-5-12-19(20)26-14-7-8-15-26/h5-16H,3-4H2,1-2H3. The fourth-order valence-corrected chi connectivity index (χ4v) is 3.20. The fourth-order valence-electron chi connectivity index (χ4n) is 3.20. The Morgan fingerprint density at radius 1 is 1.10 bits per heavy atom. The predicted molar refractivity (Wildman–Crippen MR) is 110 cm³/mol. The van der Waals surface area contributed by atoms with Crippen LogP contribution in [-0.2, 0) is 15.1 Å². The summed E-state index contributed by atoms with van der Waals surface area (Å²) in [5.41, 5.74) is 9.14. The Morgan fingerprint density at radius 3 is 2.55 bits per heavy atom. The molecule has 1 unspecified atom stereocenters. The molecule has 3 rings (SSSR count). The van der Waals surface area contributed by atoms with Crippen molar-refractivity contribution in [2.24, 2.45) is 5.11 Å². The van der Waals surface area contributed by atoms with Gasteiger partial charge in [0.2, 0.25) is 5.60 Å². The molecule has 0 amide bonds. The second-order valence-electron chi connectivity index (χ2n) is 6.30. The van der Waals surface area contributed by atoms with E-state index in [0.717, 1.165) is 5.69 Å². The lowest BCUT2D eigenvalue weighted by molar-refractivity contribution is -0.163. The van der Waals surface area contributed by atoms with Gasteiger partial charge in [-0.3, -0.25) is 0 Å². The van der Waals surface area contributed by atoms with E-state index in [0.29, 0.717) is 23.4 Å². The van der Waals surface area contributed by atoms with Crippen molar-refractivity contribution in [3.63, 3.8) is 0 Å². The summed E-state index contributed by atoms with van der Waals surface area (Å²) < 4.78 is 13.7. The first kappa shape index (κ1) is 20.0. The van der Waals surface area contributed by atoms with Gasteiger partial charge in [0.1, 0.15) is 5.75 Å². The summed E-state index contributed by atoms with van der Waals surface area (Å²) in [5.74, 6) is 0.0377. The Balaban J connectivity index is 2.14. The minimum atomic E-state index is -1.39. The maximum Gasteiger partial charge on any atom is 0.355 e. The zero-order chi connectivity index (χ0) is 20.7. The number of para-hydroxylation sites is 2. The van der Waals surface area contributed by atoms with Gasteiger partial charge in [-0.1, -0.05) is 42.4 Å². The molecule has 3 aromatic rings. The maximum absolute atomic E-state index is 13.1. The molecule has 0 aliphatic rings. The Kier molecular flexibility index (Phi) is 6.22.